The van der Waals surface area contributed by atoms with E-state index in [2.05, 4.69) is 54.7 Å². The molecule has 2 heteroatoms. The third-order valence-corrected chi connectivity index (χ3v) is 3.90. The van der Waals surface area contributed by atoms with Crippen molar-refractivity contribution in [2.24, 2.45) is 0 Å². The summed E-state index contributed by atoms with van der Waals surface area (Å²) in [5.41, 5.74) is 6.50. The van der Waals surface area contributed by atoms with Gasteiger partial charge in [0, 0.05) is 6.04 Å². The summed E-state index contributed by atoms with van der Waals surface area (Å²) in [7, 11) is 1.99. The quantitative estimate of drug-likeness (QED) is 0.901. The largest absolute Gasteiger partial charge is 0.372 e. The highest BCUT2D eigenvalue weighted by Crippen LogP contribution is 2.27. The molecule has 2 aromatic rings. The maximum absolute atomic E-state index is 5.46. The van der Waals surface area contributed by atoms with Crippen LogP contribution in [0.15, 0.2) is 42.5 Å². The average Bonchev–Trinajstić information content (AvgIpc) is 2.94. The predicted octanol–water partition coefficient (Wildman–Crippen LogP) is 3.66. The Bertz CT molecular complexity index is 574. The van der Waals surface area contributed by atoms with Gasteiger partial charge < -0.3 is 10.1 Å². The number of benzene rings is 2. The first kappa shape index (κ1) is 12.4. The monoisotopic (exact) mass is 253 g/mol. The molecule has 0 bridgehead atoms. The molecule has 1 aliphatic rings. The van der Waals surface area contributed by atoms with Gasteiger partial charge in [-0.2, -0.15) is 0 Å². The fraction of sp³-hybridized carbons (Fsp3) is 0.294. The first-order chi connectivity index (χ1) is 9.28. The van der Waals surface area contributed by atoms with Gasteiger partial charge in [-0.3, -0.25) is 0 Å². The summed E-state index contributed by atoms with van der Waals surface area (Å²) >= 11 is 0. The molecule has 1 N–H and O–H groups in total. The van der Waals surface area contributed by atoms with Crippen LogP contribution in [0.5, 0.6) is 0 Å². The first-order valence-electron chi connectivity index (χ1n) is 6.75. The van der Waals surface area contributed by atoms with Crippen molar-refractivity contribution in [3.63, 3.8) is 0 Å². The molecule has 1 heterocycles. The maximum Gasteiger partial charge on any atom is 0.0725 e. The standard InChI is InChI=1S/C17H19NO/c1-12(18-2)13-3-5-14(6-4-13)15-7-8-16-10-19-11-17(16)9-15/h3-9,12,18H,10-11H2,1-2H3. The molecule has 1 unspecified atom stereocenters. The molecule has 2 nitrogen and oxygen atoms in total. The van der Waals surface area contributed by atoms with Gasteiger partial charge in [0.2, 0.25) is 0 Å². The summed E-state index contributed by atoms with van der Waals surface area (Å²) < 4.78 is 5.46. The Kier molecular flexibility index (Phi) is 3.36. The van der Waals surface area contributed by atoms with Crippen molar-refractivity contribution in [3.05, 3.63) is 59.2 Å². The van der Waals surface area contributed by atoms with Crippen molar-refractivity contribution in [2.45, 2.75) is 26.2 Å². The van der Waals surface area contributed by atoms with Crippen molar-refractivity contribution in [1.82, 2.24) is 5.32 Å². The molecule has 3 rings (SSSR count). The zero-order valence-corrected chi connectivity index (χ0v) is 11.4. The molecule has 0 amide bonds. The van der Waals surface area contributed by atoms with Crippen LogP contribution in [0.4, 0.5) is 0 Å². The van der Waals surface area contributed by atoms with Gasteiger partial charge in [0.05, 0.1) is 13.2 Å². The van der Waals surface area contributed by atoms with Gasteiger partial charge in [0.15, 0.2) is 0 Å². The number of ether oxygens (including phenoxy) is 1. The lowest BCUT2D eigenvalue weighted by atomic mass is 9.98. The fourth-order valence-electron chi connectivity index (χ4n) is 2.48. The molecule has 19 heavy (non-hydrogen) atoms. The van der Waals surface area contributed by atoms with E-state index < -0.39 is 0 Å². The third kappa shape index (κ3) is 2.42. The van der Waals surface area contributed by atoms with Crippen molar-refractivity contribution >= 4 is 0 Å². The Hall–Kier alpha value is -1.64. The first-order valence-corrected chi connectivity index (χ1v) is 6.75. The number of fused-ring (bicyclic) bond motifs is 1. The highest BCUT2D eigenvalue weighted by molar-refractivity contribution is 5.65. The number of hydrogen-bond donors (Lipinski definition) is 1. The lowest BCUT2D eigenvalue weighted by Gasteiger charge is -2.11. The summed E-state index contributed by atoms with van der Waals surface area (Å²) in [5, 5.41) is 3.26. The Labute approximate surface area is 114 Å². The zero-order valence-electron chi connectivity index (χ0n) is 11.4. The van der Waals surface area contributed by atoms with E-state index in [9.17, 15) is 0 Å². The Morgan fingerprint density at radius 1 is 0.947 bits per heavy atom. The lowest BCUT2D eigenvalue weighted by molar-refractivity contribution is 0.134. The van der Waals surface area contributed by atoms with E-state index in [0.717, 1.165) is 13.2 Å². The topological polar surface area (TPSA) is 21.3 Å². The molecular formula is C17H19NO. The molecular weight excluding hydrogens is 234 g/mol. The van der Waals surface area contributed by atoms with E-state index in [4.69, 9.17) is 4.74 Å². The Morgan fingerprint density at radius 2 is 1.63 bits per heavy atom. The van der Waals surface area contributed by atoms with Crippen LogP contribution in [0.3, 0.4) is 0 Å². The summed E-state index contributed by atoms with van der Waals surface area (Å²) in [4.78, 5) is 0. The van der Waals surface area contributed by atoms with Crippen molar-refractivity contribution < 1.29 is 4.74 Å². The summed E-state index contributed by atoms with van der Waals surface area (Å²) in [5.74, 6) is 0. The van der Waals surface area contributed by atoms with Crippen molar-refractivity contribution in [3.8, 4) is 11.1 Å². The van der Waals surface area contributed by atoms with Gasteiger partial charge in [0.1, 0.15) is 0 Å². The van der Waals surface area contributed by atoms with E-state index in [0.29, 0.717) is 6.04 Å². The van der Waals surface area contributed by atoms with Gasteiger partial charge in [-0.25, -0.2) is 0 Å². The molecule has 0 saturated heterocycles. The molecule has 0 aromatic heterocycles. The minimum absolute atomic E-state index is 0.391. The van der Waals surface area contributed by atoms with Gasteiger partial charge in [-0.05, 0) is 47.9 Å². The van der Waals surface area contributed by atoms with E-state index in [1.807, 2.05) is 7.05 Å². The van der Waals surface area contributed by atoms with E-state index in [1.54, 1.807) is 0 Å². The molecule has 0 saturated carbocycles. The maximum atomic E-state index is 5.46. The van der Waals surface area contributed by atoms with Crippen LogP contribution < -0.4 is 5.32 Å². The van der Waals surface area contributed by atoms with E-state index >= 15 is 0 Å². The van der Waals surface area contributed by atoms with Gasteiger partial charge in [-0.15, -0.1) is 0 Å². The van der Waals surface area contributed by atoms with E-state index in [-0.39, 0.29) is 0 Å². The Morgan fingerprint density at radius 3 is 2.37 bits per heavy atom. The Balaban J connectivity index is 1.90. The minimum Gasteiger partial charge on any atom is -0.372 e. The lowest BCUT2D eigenvalue weighted by Crippen LogP contribution is -2.11. The van der Waals surface area contributed by atoms with Crippen LogP contribution in [0.1, 0.15) is 29.7 Å². The predicted molar refractivity (Wildman–Crippen MR) is 77.8 cm³/mol. The summed E-state index contributed by atoms with van der Waals surface area (Å²) in [6, 6.07) is 15.8. The van der Waals surface area contributed by atoms with E-state index in [1.165, 1.54) is 27.8 Å². The highest BCUT2D eigenvalue weighted by atomic mass is 16.5. The second-order valence-electron chi connectivity index (χ2n) is 5.11. The molecule has 2 aromatic carbocycles. The SMILES string of the molecule is CNC(C)c1ccc(-c2ccc3c(c2)COC3)cc1. The summed E-state index contributed by atoms with van der Waals surface area (Å²) in [6.45, 7) is 3.67. The van der Waals surface area contributed by atoms with Crippen LogP contribution in [0.2, 0.25) is 0 Å². The molecule has 1 atom stereocenters. The summed E-state index contributed by atoms with van der Waals surface area (Å²) in [6.07, 6.45) is 0. The molecule has 98 valence electrons. The number of rotatable bonds is 3. The molecule has 0 spiro atoms. The highest BCUT2D eigenvalue weighted by Gasteiger charge is 2.12. The van der Waals surface area contributed by atoms with Gasteiger partial charge in [0.25, 0.3) is 0 Å². The van der Waals surface area contributed by atoms with Crippen LogP contribution in [0, 0.1) is 0 Å². The second-order valence-corrected chi connectivity index (χ2v) is 5.11. The van der Waals surface area contributed by atoms with Crippen LogP contribution in [0.25, 0.3) is 11.1 Å². The molecule has 0 radical (unpaired) electrons. The van der Waals surface area contributed by atoms with Crippen LogP contribution >= 0.6 is 0 Å². The number of nitrogens with one attached hydrogen (secondary N) is 1. The van der Waals surface area contributed by atoms with Crippen molar-refractivity contribution in [2.75, 3.05) is 7.05 Å². The average molecular weight is 253 g/mol. The second kappa shape index (κ2) is 5.16. The number of hydrogen-bond acceptors (Lipinski definition) is 2. The van der Waals surface area contributed by atoms with Gasteiger partial charge >= 0.3 is 0 Å². The van der Waals surface area contributed by atoms with Crippen LogP contribution in [-0.2, 0) is 18.0 Å². The smallest absolute Gasteiger partial charge is 0.0725 e. The minimum atomic E-state index is 0.391. The van der Waals surface area contributed by atoms with Gasteiger partial charge in [-0.1, -0.05) is 36.4 Å². The van der Waals surface area contributed by atoms with Crippen molar-refractivity contribution in [1.29, 1.82) is 0 Å². The molecule has 0 aliphatic carbocycles. The zero-order chi connectivity index (χ0) is 13.2. The van der Waals surface area contributed by atoms with Crippen LogP contribution in [-0.4, -0.2) is 7.05 Å². The third-order valence-electron chi connectivity index (χ3n) is 3.90. The molecule has 1 aliphatic heterocycles. The molecule has 0 fully saturated rings. The fourth-order valence-corrected chi connectivity index (χ4v) is 2.48. The normalized spacial score (nSPS) is 15.3.